The molecule has 0 fully saturated rings. The Bertz CT molecular complexity index is 2290. The second-order valence-corrected chi connectivity index (χ2v) is 13.0. The van der Waals surface area contributed by atoms with Crippen LogP contribution in [-0.2, 0) is 16.1 Å². The summed E-state index contributed by atoms with van der Waals surface area (Å²) in [4.78, 5) is 33.4. The highest BCUT2D eigenvalue weighted by Gasteiger charge is 2.35. The Labute approximate surface area is 300 Å². The summed E-state index contributed by atoms with van der Waals surface area (Å²) in [6.45, 7) is 2.09. The zero-order valence-corrected chi connectivity index (χ0v) is 29.8. The molecule has 0 amide bonds. The number of hydrogen-bond acceptors (Lipinski definition) is 9. The third-order valence-corrected chi connectivity index (χ3v) is 9.65. The van der Waals surface area contributed by atoms with Gasteiger partial charge in [-0.15, -0.1) is 0 Å². The van der Waals surface area contributed by atoms with Crippen molar-refractivity contribution in [2.24, 2.45) is 4.99 Å². The molecule has 246 valence electrons. The number of thiazole rings is 1. The van der Waals surface area contributed by atoms with Gasteiger partial charge in [0.05, 0.1) is 57.9 Å². The fraction of sp³-hybridized carbons (Fsp3) is 0.158. The van der Waals surface area contributed by atoms with E-state index in [1.54, 1.807) is 56.1 Å². The van der Waals surface area contributed by atoms with E-state index in [1.807, 2.05) is 66.7 Å². The van der Waals surface area contributed by atoms with Gasteiger partial charge in [-0.25, -0.2) is 9.79 Å². The number of carbonyl (C=O) groups excluding carboxylic acids is 1. The number of ether oxygens (including phenoxy) is 4. The first kappa shape index (κ1) is 33.7. The standard InChI is InChI=1S/C38H30IN3O6S/c1-4-47-37(44)32-33(24-10-6-5-7-11-24)41-38-42(34(32)25-14-16-28(45-2)17-15-25)36(43)31(49-38)20-23-18-29(39)35(30(19-23)46-3)48-22-27-13-9-8-12-26(27)21-40/h5-20,34H,4,22H2,1-3H3/b31-20-/t34-/m1/s1. The second kappa shape index (κ2) is 14.9. The monoisotopic (exact) mass is 783 g/mol. The Hall–Kier alpha value is -5.19. The third kappa shape index (κ3) is 6.88. The van der Waals surface area contributed by atoms with Crippen LogP contribution in [0.2, 0.25) is 0 Å². The van der Waals surface area contributed by atoms with Crippen LogP contribution in [0.5, 0.6) is 17.2 Å². The predicted molar refractivity (Wildman–Crippen MR) is 195 cm³/mol. The van der Waals surface area contributed by atoms with Crippen LogP contribution in [-0.4, -0.2) is 31.4 Å². The van der Waals surface area contributed by atoms with Crippen molar-refractivity contribution >= 4 is 51.7 Å². The highest BCUT2D eigenvalue weighted by molar-refractivity contribution is 14.1. The van der Waals surface area contributed by atoms with Crippen LogP contribution in [0.25, 0.3) is 11.8 Å². The Balaban J connectivity index is 1.49. The molecule has 0 saturated carbocycles. The number of fused-ring (bicyclic) bond motifs is 1. The van der Waals surface area contributed by atoms with Gasteiger partial charge in [0.1, 0.15) is 12.4 Å². The van der Waals surface area contributed by atoms with Crippen molar-refractivity contribution in [3.63, 3.8) is 0 Å². The molecule has 4 aromatic carbocycles. The molecule has 2 heterocycles. The minimum atomic E-state index is -0.805. The molecule has 6 rings (SSSR count). The van der Waals surface area contributed by atoms with Crippen LogP contribution in [0.4, 0.5) is 0 Å². The van der Waals surface area contributed by atoms with Crippen LogP contribution >= 0.6 is 33.9 Å². The fourth-order valence-corrected chi connectivity index (χ4v) is 7.34. The minimum absolute atomic E-state index is 0.162. The van der Waals surface area contributed by atoms with E-state index < -0.39 is 12.0 Å². The zero-order valence-electron chi connectivity index (χ0n) is 26.8. The molecule has 0 radical (unpaired) electrons. The lowest BCUT2D eigenvalue weighted by atomic mass is 9.93. The first-order chi connectivity index (χ1) is 23.9. The van der Waals surface area contributed by atoms with E-state index in [2.05, 4.69) is 28.7 Å². The number of nitrogens with zero attached hydrogens (tertiary/aromatic N) is 3. The summed E-state index contributed by atoms with van der Waals surface area (Å²) in [6, 6.07) is 29.0. The molecular formula is C38H30IN3O6S. The summed E-state index contributed by atoms with van der Waals surface area (Å²) in [5.41, 5.74) is 3.86. The van der Waals surface area contributed by atoms with E-state index in [0.29, 0.717) is 49.0 Å². The molecule has 1 atom stereocenters. The van der Waals surface area contributed by atoms with E-state index >= 15 is 0 Å². The van der Waals surface area contributed by atoms with Crippen molar-refractivity contribution in [2.75, 3.05) is 20.8 Å². The number of nitriles is 1. The van der Waals surface area contributed by atoms with Gasteiger partial charge in [-0.05, 0) is 77.0 Å². The third-order valence-electron chi connectivity index (χ3n) is 7.86. The Kier molecular flexibility index (Phi) is 10.3. The SMILES string of the molecule is CCOC(=O)C1=C(c2ccccc2)N=c2s/c(=C\c3cc(I)c(OCc4ccccc4C#N)c(OC)c3)c(=O)n2[C@@H]1c1ccc(OC)cc1. The van der Waals surface area contributed by atoms with E-state index in [4.69, 9.17) is 23.9 Å². The molecule has 1 aliphatic heterocycles. The summed E-state index contributed by atoms with van der Waals surface area (Å²) < 4.78 is 25.5. The maximum absolute atomic E-state index is 14.3. The number of aromatic nitrogens is 1. The number of carbonyl (C=O) groups is 1. The van der Waals surface area contributed by atoms with Crippen LogP contribution in [0.15, 0.2) is 106 Å². The van der Waals surface area contributed by atoms with Gasteiger partial charge < -0.3 is 18.9 Å². The molecular weight excluding hydrogens is 753 g/mol. The predicted octanol–water partition coefficient (Wildman–Crippen LogP) is 6.01. The van der Waals surface area contributed by atoms with Crippen molar-refractivity contribution in [3.05, 3.63) is 148 Å². The summed E-state index contributed by atoms with van der Waals surface area (Å²) in [5.74, 6) is 1.10. The fourth-order valence-electron chi connectivity index (χ4n) is 5.56. The summed E-state index contributed by atoms with van der Waals surface area (Å²) >= 11 is 3.41. The molecule has 1 aromatic heterocycles. The average Bonchev–Trinajstić information content (AvgIpc) is 3.44. The van der Waals surface area contributed by atoms with Gasteiger partial charge in [0.25, 0.3) is 5.56 Å². The first-order valence-electron chi connectivity index (χ1n) is 15.3. The topological polar surface area (TPSA) is 112 Å². The molecule has 0 saturated heterocycles. The normalized spacial score (nSPS) is 14.0. The average molecular weight is 784 g/mol. The lowest BCUT2D eigenvalue weighted by molar-refractivity contribution is -0.138. The quantitative estimate of drug-likeness (QED) is 0.126. The number of methoxy groups -OCH3 is 2. The van der Waals surface area contributed by atoms with Crippen molar-refractivity contribution < 1.29 is 23.7 Å². The molecule has 0 bridgehead atoms. The van der Waals surface area contributed by atoms with Crippen LogP contribution < -0.4 is 29.1 Å². The molecule has 0 aliphatic carbocycles. The van der Waals surface area contributed by atoms with Crippen LogP contribution in [0.1, 0.15) is 40.8 Å². The highest BCUT2D eigenvalue weighted by atomic mass is 127. The van der Waals surface area contributed by atoms with Gasteiger partial charge in [0, 0.05) is 11.1 Å². The summed E-state index contributed by atoms with van der Waals surface area (Å²) in [7, 11) is 3.13. The molecule has 0 N–H and O–H groups in total. The van der Waals surface area contributed by atoms with E-state index in [9.17, 15) is 14.9 Å². The van der Waals surface area contributed by atoms with Crippen molar-refractivity contribution in [3.8, 4) is 23.3 Å². The first-order valence-corrected chi connectivity index (χ1v) is 17.2. The Morgan fingerprint density at radius 1 is 1.02 bits per heavy atom. The summed E-state index contributed by atoms with van der Waals surface area (Å²) in [6.07, 6.45) is 1.78. The van der Waals surface area contributed by atoms with Crippen LogP contribution in [0.3, 0.4) is 0 Å². The van der Waals surface area contributed by atoms with E-state index in [-0.39, 0.29) is 24.3 Å². The maximum atomic E-state index is 14.3. The van der Waals surface area contributed by atoms with Gasteiger partial charge in [-0.1, -0.05) is 72.0 Å². The zero-order chi connectivity index (χ0) is 34.5. The Morgan fingerprint density at radius 3 is 2.45 bits per heavy atom. The van der Waals surface area contributed by atoms with Gasteiger partial charge in [-0.3, -0.25) is 9.36 Å². The number of halogens is 1. The largest absolute Gasteiger partial charge is 0.497 e. The van der Waals surface area contributed by atoms with Gasteiger partial charge in [0.15, 0.2) is 16.3 Å². The highest BCUT2D eigenvalue weighted by Crippen LogP contribution is 2.37. The van der Waals surface area contributed by atoms with Crippen molar-refractivity contribution in [1.29, 1.82) is 5.26 Å². The van der Waals surface area contributed by atoms with E-state index in [1.165, 1.54) is 11.3 Å². The molecule has 0 unspecified atom stereocenters. The molecule has 11 heteroatoms. The molecule has 0 spiro atoms. The van der Waals surface area contributed by atoms with Gasteiger partial charge in [-0.2, -0.15) is 5.26 Å². The molecule has 1 aliphatic rings. The number of rotatable bonds is 10. The van der Waals surface area contributed by atoms with Crippen LogP contribution in [0, 0.1) is 14.9 Å². The number of hydrogen-bond donors (Lipinski definition) is 0. The van der Waals surface area contributed by atoms with Gasteiger partial charge in [0.2, 0.25) is 0 Å². The smallest absolute Gasteiger partial charge is 0.338 e. The number of benzene rings is 4. The maximum Gasteiger partial charge on any atom is 0.338 e. The molecule has 9 nitrogen and oxygen atoms in total. The second-order valence-electron chi connectivity index (χ2n) is 10.8. The van der Waals surface area contributed by atoms with Gasteiger partial charge >= 0.3 is 5.97 Å². The van der Waals surface area contributed by atoms with E-state index in [0.717, 1.165) is 14.7 Å². The lowest BCUT2D eigenvalue weighted by Gasteiger charge is -2.26. The minimum Gasteiger partial charge on any atom is -0.497 e. The molecule has 49 heavy (non-hydrogen) atoms. The lowest BCUT2D eigenvalue weighted by Crippen LogP contribution is -2.40. The summed E-state index contributed by atoms with van der Waals surface area (Å²) in [5, 5.41) is 9.47. The Morgan fingerprint density at radius 2 is 1.76 bits per heavy atom. The molecule has 5 aromatic rings. The number of esters is 1. The van der Waals surface area contributed by atoms with Crippen molar-refractivity contribution in [1.82, 2.24) is 4.57 Å². The van der Waals surface area contributed by atoms with Crippen molar-refractivity contribution in [2.45, 2.75) is 19.6 Å².